The van der Waals surface area contributed by atoms with Crippen LogP contribution in [0.5, 0.6) is 0 Å². The van der Waals surface area contributed by atoms with E-state index in [-0.39, 0.29) is 5.91 Å². The minimum atomic E-state index is 0.0164. The normalized spacial score (nSPS) is 11.0. The average Bonchev–Trinajstić information content (AvgIpc) is 2.96. The number of fused-ring (bicyclic) bond motifs is 1. The van der Waals surface area contributed by atoms with Gasteiger partial charge in [0.05, 0.1) is 23.3 Å². The van der Waals surface area contributed by atoms with Crippen LogP contribution in [-0.4, -0.2) is 29.4 Å². The number of nitrogens with one attached hydrogen (secondary N) is 1. The Labute approximate surface area is 139 Å². The zero-order valence-electron chi connectivity index (χ0n) is 13.0. The van der Waals surface area contributed by atoms with Crippen LogP contribution in [0.3, 0.4) is 0 Å². The van der Waals surface area contributed by atoms with E-state index in [9.17, 15) is 4.79 Å². The molecule has 1 heterocycles. The third-order valence-corrected chi connectivity index (χ3v) is 4.52. The number of carbonyl (C=O) groups excluding carboxylic acids is 1. The van der Waals surface area contributed by atoms with Gasteiger partial charge in [0.15, 0.2) is 0 Å². The number of para-hydroxylation sites is 1. The van der Waals surface area contributed by atoms with Crippen molar-refractivity contribution in [1.82, 2.24) is 15.2 Å². The molecule has 0 bridgehead atoms. The van der Waals surface area contributed by atoms with Crippen LogP contribution >= 0.6 is 11.3 Å². The summed E-state index contributed by atoms with van der Waals surface area (Å²) in [5, 5.41) is 3.88. The zero-order valence-corrected chi connectivity index (χ0v) is 13.8. The Hall–Kier alpha value is -2.24. The van der Waals surface area contributed by atoms with E-state index in [4.69, 9.17) is 0 Å². The second-order valence-corrected chi connectivity index (χ2v) is 6.63. The minimum absolute atomic E-state index is 0.0164. The van der Waals surface area contributed by atoms with Gasteiger partial charge in [-0.1, -0.05) is 42.5 Å². The van der Waals surface area contributed by atoms with Gasteiger partial charge in [0.2, 0.25) is 5.91 Å². The van der Waals surface area contributed by atoms with Crippen molar-refractivity contribution in [3.8, 4) is 0 Å². The maximum Gasteiger partial charge on any atom is 0.234 e. The molecule has 1 amide bonds. The van der Waals surface area contributed by atoms with Crippen molar-refractivity contribution in [2.45, 2.75) is 13.1 Å². The van der Waals surface area contributed by atoms with Crippen LogP contribution in [0.4, 0.5) is 0 Å². The fourth-order valence-electron chi connectivity index (χ4n) is 2.42. The van der Waals surface area contributed by atoms with Crippen molar-refractivity contribution in [3.63, 3.8) is 0 Å². The Morgan fingerprint density at radius 2 is 1.87 bits per heavy atom. The quantitative estimate of drug-likeness (QED) is 0.758. The maximum absolute atomic E-state index is 12.1. The third kappa shape index (κ3) is 4.37. The number of likely N-dealkylation sites (N-methyl/N-ethyl adjacent to an activating group) is 1. The predicted octanol–water partition coefficient (Wildman–Crippen LogP) is 3.04. The number of amides is 1. The molecule has 23 heavy (non-hydrogen) atoms. The number of rotatable bonds is 6. The highest BCUT2D eigenvalue weighted by Gasteiger charge is 2.08. The molecule has 0 aliphatic heterocycles. The van der Waals surface area contributed by atoms with Gasteiger partial charge in [-0.3, -0.25) is 9.69 Å². The molecule has 0 spiro atoms. The fraction of sp³-hybridized carbons (Fsp3) is 0.222. The van der Waals surface area contributed by atoms with Crippen LogP contribution in [0.2, 0.25) is 0 Å². The summed E-state index contributed by atoms with van der Waals surface area (Å²) in [5.41, 5.74) is 2.19. The molecule has 0 saturated heterocycles. The molecule has 3 aromatic rings. The highest BCUT2D eigenvalue weighted by Crippen LogP contribution is 2.21. The second kappa shape index (κ2) is 7.35. The first kappa shape index (κ1) is 15.6. The topological polar surface area (TPSA) is 45.2 Å². The summed E-state index contributed by atoms with van der Waals surface area (Å²) in [4.78, 5) is 18.6. The second-order valence-electron chi connectivity index (χ2n) is 5.51. The van der Waals surface area contributed by atoms with E-state index in [1.54, 1.807) is 11.3 Å². The van der Waals surface area contributed by atoms with Gasteiger partial charge in [0.25, 0.3) is 0 Å². The molecule has 0 aliphatic rings. The molecule has 0 atom stereocenters. The summed E-state index contributed by atoms with van der Waals surface area (Å²) in [6.45, 7) is 1.62. The molecule has 0 fully saturated rings. The van der Waals surface area contributed by atoms with Crippen LogP contribution in [0.25, 0.3) is 10.2 Å². The molecule has 118 valence electrons. The smallest absolute Gasteiger partial charge is 0.234 e. The van der Waals surface area contributed by atoms with Gasteiger partial charge in [-0.25, -0.2) is 4.98 Å². The van der Waals surface area contributed by atoms with Crippen molar-refractivity contribution in [1.29, 1.82) is 0 Å². The van der Waals surface area contributed by atoms with E-state index in [0.29, 0.717) is 13.1 Å². The highest BCUT2D eigenvalue weighted by atomic mass is 32.1. The van der Waals surface area contributed by atoms with Crippen molar-refractivity contribution >= 4 is 27.5 Å². The van der Waals surface area contributed by atoms with E-state index >= 15 is 0 Å². The van der Waals surface area contributed by atoms with E-state index in [1.807, 2.05) is 54.4 Å². The molecule has 0 unspecified atom stereocenters. The average molecular weight is 325 g/mol. The van der Waals surface area contributed by atoms with Gasteiger partial charge in [-0.15, -0.1) is 11.3 Å². The largest absolute Gasteiger partial charge is 0.348 e. The predicted molar refractivity (Wildman–Crippen MR) is 94.2 cm³/mol. The minimum Gasteiger partial charge on any atom is -0.348 e. The molecule has 5 heteroatoms. The number of hydrogen-bond acceptors (Lipinski definition) is 4. The Kier molecular flexibility index (Phi) is 5.00. The zero-order chi connectivity index (χ0) is 16.1. The first-order valence-corrected chi connectivity index (χ1v) is 8.36. The molecule has 4 nitrogen and oxygen atoms in total. The molecular formula is C18H19N3OS. The summed E-state index contributed by atoms with van der Waals surface area (Å²) >= 11 is 1.62. The van der Waals surface area contributed by atoms with Gasteiger partial charge < -0.3 is 5.32 Å². The molecule has 0 radical (unpaired) electrons. The van der Waals surface area contributed by atoms with Crippen molar-refractivity contribution < 1.29 is 4.79 Å². The van der Waals surface area contributed by atoms with Gasteiger partial charge in [0.1, 0.15) is 5.01 Å². The van der Waals surface area contributed by atoms with Crippen molar-refractivity contribution in [3.05, 3.63) is 65.2 Å². The first-order valence-electron chi connectivity index (χ1n) is 7.54. The van der Waals surface area contributed by atoms with Gasteiger partial charge in [-0.2, -0.15) is 0 Å². The molecule has 1 N–H and O–H groups in total. The van der Waals surface area contributed by atoms with Gasteiger partial charge in [-0.05, 0) is 24.7 Å². The van der Waals surface area contributed by atoms with E-state index in [0.717, 1.165) is 21.8 Å². The van der Waals surface area contributed by atoms with E-state index in [1.165, 1.54) is 5.56 Å². The van der Waals surface area contributed by atoms with Crippen LogP contribution in [0, 0.1) is 0 Å². The molecule has 0 saturated carbocycles. The summed E-state index contributed by atoms with van der Waals surface area (Å²) in [6.07, 6.45) is 0. The number of carbonyl (C=O) groups is 1. The lowest BCUT2D eigenvalue weighted by Gasteiger charge is -2.16. The summed E-state index contributed by atoms with van der Waals surface area (Å²) in [6, 6.07) is 18.2. The number of nitrogens with zero attached hydrogens (tertiary/aromatic N) is 2. The van der Waals surface area contributed by atoms with Crippen LogP contribution in [-0.2, 0) is 17.9 Å². The summed E-state index contributed by atoms with van der Waals surface area (Å²) in [7, 11) is 1.95. The van der Waals surface area contributed by atoms with Crippen molar-refractivity contribution in [2.75, 3.05) is 13.6 Å². The molecular weight excluding hydrogens is 306 g/mol. The van der Waals surface area contributed by atoms with E-state index in [2.05, 4.69) is 22.4 Å². The highest BCUT2D eigenvalue weighted by molar-refractivity contribution is 7.18. The lowest BCUT2D eigenvalue weighted by molar-refractivity contribution is -0.122. The van der Waals surface area contributed by atoms with Crippen molar-refractivity contribution in [2.24, 2.45) is 0 Å². The Balaban J connectivity index is 1.49. The summed E-state index contributed by atoms with van der Waals surface area (Å²) < 4.78 is 1.15. The molecule has 3 rings (SSSR count). The number of benzene rings is 2. The monoisotopic (exact) mass is 325 g/mol. The first-order chi connectivity index (χ1) is 11.2. The van der Waals surface area contributed by atoms with Gasteiger partial charge >= 0.3 is 0 Å². The number of hydrogen-bond donors (Lipinski definition) is 1. The Morgan fingerprint density at radius 1 is 1.13 bits per heavy atom. The third-order valence-electron chi connectivity index (χ3n) is 3.48. The molecule has 1 aromatic heterocycles. The number of aromatic nitrogens is 1. The van der Waals surface area contributed by atoms with E-state index < -0.39 is 0 Å². The Morgan fingerprint density at radius 3 is 2.65 bits per heavy atom. The maximum atomic E-state index is 12.1. The Bertz CT molecular complexity index is 752. The fourth-order valence-corrected chi connectivity index (χ4v) is 3.33. The van der Waals surface area contributed by atoms with Gasteiger partial charge in [0, 0.05) is 6.54 Å². The lowest BCUT2D eigenvalue weighted by Crippen LogP contribution is -2.34. The van der Waals surface area contributed by atoms with Crippen LogP contribution < -0.4 is 5.32 Å². The molecule has 0 aliphatic carbocycles. The lowest BCUT2D eigenvalue weighted by atomic mass is 10.2. The SMILES string of the molecule is CN(CC(=O)NCc1nc2ccccc2s1)Cc1ccccc1. The molecule has 2 aromatic carbocycles. The standard InChI is InChI=1S/C18H19N3OS/c1-21(12-14-7-3-2-4-8-14)13-17(22)19-11-18-20-15-9-5-6-10-16(15)23-18/h2-10H,11-13H2,1H3,(H,19,22). The summed E-state index contributed by atoms with van der Waals surface area (Å²) in [5.74, 6) is 0.0164. The number of thiazole rings is 1. The van der Waals surface area contributed by atoms with Crippen LogP contribution in [0.15, 0.2) is 54.6 Å². The van der Waals surface area contributed by atoms with Crippen LogP contribution in [0.1, 0.15) is 10.6 Å².